The Balaban J connectivity index is 1.80. The van der Waals surface area contributed by atoms with Crippen molar-refractivity contribution in [3.05, 3.63) is 85.7 Å². The zero-order valence-electron chi connectivity index (χ0n) is 16.8. The highest BCUT2D eigenvalue weighted by Gasteiger charge is 2.45. The molecule has 1 aliphatic rings. The standard InChI is InChI=1S/C23H19N3O3S/c1-4-17-24-25-23(30-17)26-19(14-8-5-12(2)6-9-14)18-20(27)15-11-13(3)7-10-16(15)29-21(18)22(26)28/h5-11,19H,4H2,1-3H3/t19-/m1/s1. The van der Waals surface area contributed by atoms with E-state index in [1.54, 1.807) is 17.0 Å². The Labute approximate surface area is 176 Å². The molecule has 4 aromatic rings. The van der Waals surface area contributed by atoms with Crippen molar-refractivity contribution in [2.24, 2.45) is 0 Å². The molecule has 1 atom stereocenters. The second-order valence-electron chi connectivity index (χ2n) is 7.49. The second-order valence-corrected chi connectivity index (χ2v) is 8.53. The van der Waals surface area contributed by atoms with Crippen molar-refractivity contribution in [3.8, 4) is 0 Å². The van der Waals surface area contributed by atoms with E-state index in [2.05, 4.69) is 10.2 Å². The lowest BCUT2D eigenvalue weighted by molar-refractivity contribution is 0.0970. The van der Waals surface area contributed by atoms with Crippen LogP contribution in [0.1, 0.15) is 50.8 Å². The lowest BCUT2D eigenvalue weighted by Crippen LogP contribution is -2.29. The van der Waals surface area contributed by atoms with E-state index >= 15 is 0 Å². The normalized spacial score (nSPS) is 15.8. The van der Waals surface area contributed by atoms with Gasteiger partial charge in [-0.05, 0) is 38.0 Å². The van der Waals surface area contributed by atoms with Crippen molar-refractivity contribution in [1.82, 2.24) is 10.2 Å². The summed E-state index contributed by atoms with van der Waals surface area (Å²) in [6, 6.07) is 12.6. The molecule has 6 nitrogen and oxygen atoms in total. The van der Waals surface area contributed by atoms with Gasteiger partial charge in [0.2, 0.25) is 10.9 Å². The number of benzene rings is 2. The van der Waals surface area contributed by atoms with E-state index in [1.165, 1.54) is 11.3 Å². The van der Waals surface area contributed by atoms with Gasteiger partial charge in [-0.1, -0.05) is 59.7 Å². The van der Waals surface area contributed by atoms with Gasteiger partial charge in [0.25, 0.3) is 5.91 Å². The summed E-state index contributed by atoms with van der Waals surface area (Å²) in [5, 5.41) is 10.2. The number of aryl methyl sites for hydroxylation is 3. The fourth-order valence-corrected chi connectivity index (χ4v) is 4.64. The molecule has 5 rings (SSSR count). The maximum Gasteiger partial charge on any atom is 0.297 e. The van der Waals surface area contributed by atoms with Crippen LogP contribution in [-0.2, 0) is 6.42 Å². The number of nitrogens with zero attached hydrogens (tertiary/aromatic N) is 3. The van der Waals surface area contributed by atoms with Crippen molar-refractivity contribution in [2.45, 2.75) is 33.2 Å². The number of carbonyl (C=O) groups excluding carboxylic acids is 1. The Hall–Kier alpha value is -3.32. The van der Waals surface area contributed by atoms with Crippen LogP contribution < -0.4 is 10.3 Å². The van der Waals surface area contributed by atoms with Gasteiger partial charge in [-0.2, -0.15) is 0 Å². The molecule has 150 valence electrons. The first kappa shape index (κ1) is 18.7. The van der Waals surface area contributed by atoms with E-state index in [4.69, 9.17) is 4.42 Å². The Morgan fingerprint density at radius 2 is 1.77 bits per heavy atom. The summed E-state index contributed by atoms with van der Waals surface area (Å²) in [5.74, 6) is -0.288. The van der Waals surface area contributed by atoms with Crippen molar-refractivity contribution in [1.29, 1.82) is 0 Å². The third-order valence-electron chi connectivity index (χ3n) is 5.38. The molecule has 0 saturated carbocycles. The summed E-state index contributed by atoms with van der Waals surface area (Å²) in [6.07, 6.45) is 0.724. The van der Waals surface area contributed by atoms with Crippen molar-refractivity contribution in [3.63, 3.8) is 0 Å². The van der Waals surface area contributed by atoms with Crippen LogP contribution in [0.25, 0.3) is 11.0 Å². The topological polar surface area (TPSA) is 76.3 Å². The molecule has 0 bridgehead atoms. The second kappa shape index (κ2) is 6.88. The molecule has 2 aromatic carbocycles. The molecule has 0 fully saturated rings. The van der Waals surface area contributed by atoms with Crippen LogP contribution in [0.4, 0.5) is 5.13 Å². The van der Waals surface area contributed by atoms with Crippen LogP contribution in [0.15, 0.2) is 51.7 Å². The number of fused-ring (bicyclic) bond motifs is 2. The van der Waals surface area contributed by atoms with Crippen LogP contribution >= 0.6 is 11.3 Å². The zero-order valence-corrected chi connectivity index (χ0v) is 17.6. The van der Waals surface area contributed by atoms with E-state index in [-0.39, 0.29) is 17.1 Å². The van der Waals surface area contributed by atoms with E-state index in [1.807, 2.05) is 51.1 Å². The first-order valence-electron chi connectivity index (χ1n) is 9.77. The molecule has 1 amide bonds. The van der Waals surface area contributed by atoms with E-state index < -0.39 is 6.04 Å². The Bertz CT molecular complexity index is 1350. The average molecular weight is 417 g/mol. The van der Waals surface area contributed by atoms with E-state index in [0.29, 0.717) is 21.7 Å². The molecule has 3 heterocycles. The molecule has 0 radical (unpaired) electrons. The van der Waals surface area contributed by atoms with Crippen LogP contribution in [0.2, 0.25) is 0 Å². The quantitative estimate of drug-likeness (QED) is 0.488. The summed E-state index contributed by atoms with van der Waals surface area (Å²) in [4.78, 5) is 28.5. The molecule has 0 N–H and O–H groups in total. The Morgan fingerprint density at radius 1 is 1.03 bits per heavy atom. The van der Waals surface area contributed by atoms with Gasteiger partial charge in [0, 0.05) is 0 Å². The van der Waals surface area contributed by atoms with Gasteiger partial charge >= 0.3 is 0 Å². The fourth-order valence-electron chi connectivity index (χ4n) is 3.83. The first-order chi connectivity index (χ1) is 14.5. The molecular formula is C23H19N3O3S. The molecule has 30 heavy (non-hydrogen) atoms. The lowest BCUT2D eigenvalue weighted by atomic mass is 9.97. The summed E-state index contributed by atoms with van der Waals surface area (Å²) < 4.78 is 5.98. The van der Waals surface area contributed by atoms with Gasteiger partial charge in [-0.15, -0.1) is 10.2 Å². The number of carbonyl (C=O) groups is 1. The molecule has 2 aromatic heterocycles. The van der Waals surface area contributed by atoms with E-state index in [0.717, 1.165) is 28.1 Å². The number of hydrogen-bond donors (Lipinski definition) is 0. The Morgan fingerprint density at radius 3 is 2.47 bits per heavy atom. The highest BCUT2D eigenvalue weighted by atomic mass is 32.1. The maximum absolute atomic E-state index is 13.5. The highest BCUT2D eigenvalue weighted by Crippen LogP contribution is 2.42. The first-order valence-corrected chi connectivity index (χ1v) is 10.6. The minimum atomic E-state index is -0.605. The number of anilines is 1. The SMILES string of the molecule is CCc1nnc(N2C(=O)c3oc4ccc(C)cc4c(=O)c3[C@H]2c2ccc(C)cc2)s1. The minimum Gasteiger partial charge on any atom is -0.450 e. The average Bonchev–Trinajstić information content (AvgIpc) is 3.32. The third kappa shape index (κ3) is 2.77. The predicted octanol–water partition coefficient (Wildman–Crippen LogP) is 4.57. The van der Waals surface area contributed by atoms with Gasteiger partial charge in [0.15, 0.2) is 5.43 Å². The van der Waals surface area contributed by atoms with E-state index in [9.17, 15) is 9.59 Å². The van der Waals surface area contributed by atoms with Gasteiger partial charge in [0.1, 0.15) is 10.6 Å². The molecule has 0 spiro atoms. The van der Waals surface area contributed by atoms with Crippen molar-refractivity contribution in [2.75, 3.05) is 4.90 Å². The van der Waals surface area contributed by atoms with Gasteiger partial charge in [-0.25, -0.2) is 0 Å². The number of hydrogen-bond acceptors (Lipinski definition) is 6. The summed E-state index contributed by atoms with van der Waals surface area (Å²) >= 11 is 1.36. The largest absolute Gasteiger partial charge is 0.450 e. The number of amides is 1. The highest BCUT2D eigenvalue weighted by molar-refractivity contribution is 7.15. The lowest BCUT2D eigenvalue weighted by Gasteiger charge is -2.22. The maximum atomic E-state index is 13.5. The van der Waals surface area contributed by atoms with Gasteiger partial charge in [0.05, 0.1) is 17.0 Å². The third-order valence-corrected chi connectivity index (χ3v) is 6.45. The summed E-state index contributed by atoms with van der Waals surface area (Å²) in [5.41, 5.74) is 3.47. The predicted molar refractivity (Wildman–Crippen MR) is 116 cm³/mol. The van der Waals surface area contributed by atoms with Crippen molar-refractivity contribution >= 4 is 33.3 Å². The molecule has 1 aliphatic heterocycles. The molecule has 0 saturated heterocycles. The number of rotatable bonds is 3. The fraction of sp³-hybridized carbons (Fsp3) is 0.217. The number of aromatic nitrogens is 2. The van der Waals surface area contributed by atoms with Crippen molar-refractivity contribution < 1.29 is 9.21 Å². The summed E-state index contributed by atoms with van der Waals surface area (Å²) in [6.45, 7) is 5.91. The smallest absolute Gasteiger partial charge is 0.297 e. The Kier molecular flexibility index (Phi) is 4.29. The van der Waals surface area contributed by atoms with Gasteiger partial charge in [-0.3, -0.25) is 14.5 Å². The van der Waals surface area contributed by atoms with Crippen LogP contribution in [0, 0.1) is 13.8 Å². The summed E-state index contributed by atoms with van der Waals surface area (Å²) in [7, 11) is 0. The molecule has 7 heteroatoms. The molecule has 0 unspecified atom stereocenters. The minimum absolute atomic E-state index is 0.0789. The van der Waals surface area contributed by atoms with Crippen LogP contribution in [0.5, 0.6) is 0 Å². The molecular weight excluding hydrogens is 398 g/mol. The monoisotopic (exact) mass is 417 g/mol. The molecule has 0 aliphatic carbocycles. The van der Waals surface area contributed by atoms with Crippen LogP contribution in [-0.4, -0.2) is 16.1 Å². The van der Waals surface area contributed by atoms with Gasteiger partial charge < -0.3 is 4.42 Å². The zero-order chi connectivity index (χ0) is 21.0. The van der Waals surface area contributed by atoms with Crippen LogP contribution in [0.3, 0.4) is 0 Å².